The number of para-hydroxylation sites is 2. The summed E-state index contributed by atoms with van der Waals surface area (Å²) >= 11 is 0. The van der Waals surface area contributed by atoms with E-state index in [1.165, 1.54) is 0 Å². The van der Waals surface area contributed by atoms with Gasteiger partial charge in [0.05, 0.1) is 5.56 Å². The summed E-state index contributed by atoms with van der Waals surface area (Å²) in [5.74, 6) is 0.810. The number of hydrogen-bond donors (Lipinski definition) is 2. The topological polar surface area (TPSA) is 84.9 Å². The van der Waals surface area contributed by atoms with Gasteiger partial charge in [0.15, 0.2) is 11.5 Å². The number of fused-ring (bicyclic) bond motifs is 1. The molecular weight excluding hydrogens is 418 g/mol. The third-order valence-electron chi connectivity index (χ3n) is 5.91. The molecule has 6 nitrogen and oxygen atoms in total. The molecule has 0 spiro atoms. The van der Waals surface area contributed by atoms with Gasteiger partial charge in [-0.3, -0.25) is 4.79 Å². The lowest BCUT2D eigenvalue weighted by atomic mass is 9.98. The molecule has 0 atom stereocenters. The standard InChI is InChI=1S/C19H19NO3.C8H8O2.H2/c1-12-6-7-15(20-18(23)19(2)8-9-19)11-16(12)13-4-3-5-14(10-13)17(21)22;1-2-4-8-7(3-1)9-5-6-10-8;/h3-7,10-11H,8-9H2,1-2H3,(H,20,23)(H,21,22);1-4H,5-6H2;1H. The van der Waals surface area contributed by atoms with E-state index < -0.39 is 5.97 Å². The summed E-state index contributed by atoms with van der Waals surface area (Å²) in [7, 11) is 0. The Balaban J connectivity index is 0.000000246. The van der Waals surface area contributed by atoms with Gasteiger partial charge in [-0.2, -0.15) is 0 Å². The largest absolute Gasteiger partial charge is 0.486 e. The Morgan fingerprint density at radius 3 is 2.21 bits per heavy atom. The molecule has 3 aromatic carbocycles. The minimum Gasteiger partial charge on any atom is -0.486 e. The first kappa shape index (κ1) is 22.4. The van der Waals surface area contributed by atoms with Gasteiger partial charge >= 0.3 is 5.97 Å². The fraction of sp³-hybridized carbons (Fsp3) is 0.259. The maximum absolute atomic E-state index is 12.2. The fourth-order valence-corrected chi connectivity index (χ4v) is 3.52. The van der Waals surface area contributed by atoms with Crippen molar-refractivity contribution in [1.29, 1.82) is 0 Å². The molecule has 2 N–H and O–H groups in total. The Morgan fingerprint density at radius 1 is 0.939 bits per heavy atom. The highest BCUT2D eigenvalue weighted by Crippen LogP contribution is 2.45. The van der Waals surface area contributed by atoms with Gasteiger partial charge in [-0.1, -0.05) is 37.3 Å². The molecule has 1 aliphatic heterocycles. The van der Waals surface area contributed by atoms with E-state index in [2.05, 4.69) is 5.32 Å². The summed E-state index contributed by atoms with van der Waals surface area (Å²) in [6.45, 7) is 5.26. The Hall–Kier alpha value is -3.80. The predicted octanol–water partition coefficient (Wildman–Crippen LogP) is 5.80. The molecule has 2 aliphatic rings. The van der Waals surface area contributed by atoms with Crippen molar-refractivity contribution in [2.24, 2.45) is 5.41 Å². The lowest BCUT2D eigenvalue weighted by molar-refractivity contribution is -0.120. The second-order valence-electron chi connectivity index (χ2n) is 8.57. The van der Waals surface area contributed by atoms with Gasteiger partial charge in [0.2, 0.25) is 5.91 Å². The lowest BCUT2D eigenvalue weighted by Crippen LogP contribution is -2.21. The van der Waals surface area contributed by atoms with Crippen LogP contribution >= 0.6 is 0 Å². The van der Waals surface area contributed by atoms with Gasteiger partial charge in [0.1, 0.15) is 13.2 Å². The number of benzene rings is 3. The number of carboxylic acids is 1. The second-order valence-corrected chi connectivity index (χ2v) is 8.57. The number of aryl methyl sites for hydroxylation is 1. The van der Waals surface area contributed by atoms with Gasteiger partial charge in [0, 0.05) is 12.5 Å². The van der Waals surface area contributed by atoms with Crippen molar-refractivity contribution >= 4 is 17.6 Å². The molecule has 1 heterocycles. The molecule has 0 saturated heterocycles. The van der Waals surface area contributed by atoms with Crippen LogP contribution in [-0.2, 0) is 4.79 Å². The zero-order chi connectivity index (χ0) is 23.4. The van der Waals surface area contributed by atoms with Crippen LogP contribution < -0.4 is 14.8 Å². The average molecular weight is 448 g/mol. The first-order valence-corrected chi connectivity index (χ1v) is 11.0. The Bertz CT molecular complexity index is 1160. The number of aromatic carboxylic acids is 1. The van der Waals surface area contributed by atoms with Gasteiger partial charge in [-0.25, -0.2) is 4.79 Å². The molecule has 0 unspecified atom stereocenters. The van der Waals surface area contributed by atoms with Crippen molar-refractivity contribution in [3.8, 4) is 22.6 Å². The van der Waals surface area contributed by atoms with Crippen LogP contribution in [0.25, 0.3) is 11.1 Å². The minimum atomic E-state index is -0.949. The van der Waals surface area contributed by atoms with E-state index in [4.69, 9.17) is 14.6 Å². The number of rotatable bonds is 4. The molecule has 3 aromatic rings. The third-order valence-corrected chi connectivity index (χ3v) is 5.91. The number of amides is 1. The number of anilines is 1. The molecule has 33 heavy (non-hydrogen) atoms. The van der Waals surface area contributed by atoms with Crippen molar-refractivity contribution < 1.29 is 25.6 Å². The van der Waals surface area contributed by atoms with Crippen molar-refractivity contribution in [2.75, 3.05) is 18.5 Å². The molecule has 5 rings (SSSR count). The monoisotopic (exact) mass is 447 g/mol. The Labute approximate surface area is 194 Å². The van der Waals surface area contributed by atoms with E-state index in [1.54, 1.807) is 18.2 Å². The van der Waals surface area contributed by atoms with Crippen LogP contribution in [-0.4, -0.2) is 30.2 Å². The SMILES string of the molecule is Cc1ccc(NC(=O)C2(C)CC2)cc1-c1cccc(C(=O)O)c1.[HH].c1ccc2c(c1)OCCO2. The smallest absolute Gasteiger partial charge is 0.335 e. The summed E-state index contributed by atoms with van der Waals surface area (Å²) < 4.78 is 10.6. The number of nitrogens with one attached hydrogen (secondary N) is 1. The van der Waals surface area contributed by atoms with Crippen LogP contribution in [0.5, 0.6) is 11.5 Å². The summed E-state index contributed by atoms with van der Waals surface area (Å²) in [5, 5.41) is 12.1. The van der Waals surface area contributed by atoms with Gasteiger partial charge in [0.25, 0.3) is 0 Å². The summed E-state index contributed by atoms with van der Waals surface area (Å²) in [6.07, 6.45) is 1.86. The molecular formula is C27H29NO5. The van der Waals surface area contributed by atoms with E-state index in [-0.39, 0.29) is 18.3 Å². The van der Waals surface area contributed by atoms with Crippen molar-refractivity contribution in [1.82, 2.24) is 0 Å². The zero-order valence-electron chi connectivity index (χ0n) is 18.8. The molecule has 0 aromatic heterocycles. The molecule has 1 amide bonds. The van der Waals surface area contributed by atoms with Crippen molar-refractivity contribution in [3.63, 3.8) is 0 Å². The molecule has 1 saturated carbocycles. The first-order chi connectivity index (χ1) is 15.9. The third kappa shape index (κ3) is 5.34. The molecule has 1 aliphatic carbocycles. The lowest BCUT2D eigenvalue weighted by Gasteiger charge is -2.17. The van der Waals surface area contributed by atoms with E-state index in [0.29, 0.717) is 13.2 Å². The molecule has 0 radical (unpaired) electrons. The maximum Gasteiger partial charge on any atom is 0.335 e. The molecule has 1 fully saturated rings. The van der Waals surface area contributed by atoms with Gasteiger partial charge in [-0.05, 0) is 72.9 Å². The molecule has 172 valence electrons. The number of hydrogen-bond acceptors (Lipinski definition) is 4. The maximum atomic E-state index is 12.2. The van der Waals surface area contributed by atoms with E-state index in [0.717, 1.165) is 46.7 Å². The first-order valence-electron chi connectivity index (χ1n) is 11.0. The van der Waals surface area contributed by atoms with Gasteiger partial charge in [-0.15, -0.1) is 0 Å². The van der Waals surface area contributed by atoms with E-state index in [1.807, 2.05) is 62.4 Å². The van der Waals surface area contributed by atoms with Gasteiger partial charge < -0.3 is 19.9 Å². The highest BCUT2D eigenvalue weighted by atomic mass is 16.6. The van der Waals surface area contributed by atoms with E-state index >= 15 is 0 Å². The number of carboxylic acid groups (broad SMARTS) is 1. The molecule has 0 bridgehead atoms. The van der Waals surface area contributed by atoms with Crippen LogP contribution in [0.3, 0.4) is 0 Å². The summed E-state index contributed by atoms with van der Waals surface area (Å²) in [5.41, 5.74) is 3.55. The predicted molar refractivity (Wildman–Crippen MR) is 129 cm³/mol. The number of carbonyl (C=O) groups excluding carboxylic acids is 1. The highest BCUT2D eigenvalue weighted by Gasteiger charge is 2.44. The van der Waals surface area contributed by atoms with Crippen LogP contribution in [0.4, 0.5) is 5.69 Å². The second kappa shape index (κ2) is 9.36. The number of carbonyl (C=O) groups is 2. The fourth-order valence-electron chi connectivity index (χ4n) is 3.52. The van der Waals surface area contributed by atoms with Crippen LogP contribution in [0.15, 0.2) is 66.7 Å². The summed E-state index contributed by atoms with van der Waals surface area (Å²) in [4.78, 5) is 23.3. The van der Waals surface area contributed by atoms with Crippen LogP contribution in [0.1, 0.15) is 37.1 Å². The zero-order valence-corrected chi connectivity index (χ0v) is 18.8. The van der Waals surface area contributed by atoms with Crippen molar-refractivity contribution in [3.05, 3.63) is 77.9 Å². The summed E-state index contributed by atoms with van der Waals surface area (Å²) in [6, 6.07) is 20.2. The number of ether oxygens (including phenoxy) is 2. The Morgan fingerprint density at radius 2 is 1.61 bits per heavy atom. The minimum absolute atomic E-state index is 0. The van der Waals surface area contributed by atoms with Crippen molar-refractivity contribution in [2.45, 2.75) is 26.7 Å². The highest BCUT2D eigenvalue weighted by molar-refractivity contribution is 5.97. The normalized spacial score (nSPS) is 15.0. The van der Waals surface area contributed by atoms with E-state index in [9.17, 15) is 9.59 Å². The van der Waals surface area contributed by atoms with Crippen LogP contribution in [0.2, 0.25) is 0 Å². The average Bonchev–Trinajstić information content (AvgIpc) is 3.59. The quantitative estimate of drug-likeness (QED) is 0.528. The molecule has 6 heteroatoms. The van der Waals surface area contributed by atoms with Crippen LogP contribution in [0, 0.1) is 12.3 Å². The Kier molecular flexibility index (Phi) is 6.36.